The van der Waals surface area contributed by atoms with E-state index in [1.165, 1.54) is 35.2 Å². The fourth-order valence-electron chi connectivity index (χ4n) is 3.52. The fourth-order valence-corrected chi connectivity index (χ4v) is 3.52. The smallest absolute Gasteiger partial charge is 0.265 e. The molecule has 146 valence electrons. The number of anilines is 1. The van der Waals surface area contributed by atoms with Crippen LogP contribution in [-0.2, 0) is 17.6 Å². The number of pyridine rings is 1. The van der Waals surface area contributed by atoms with Gasteiger partial charge in [0.25, 0.3) is 5.91 Å². The lowest BCUT2D eigenvalue weighted by Crippen LogP contribution is -2.25. The van der Waals surface area contributed by atoms with E-state index in [2.05, 4.69) is 34.0 Å². The van der Waals surface area contributed by atoms with Gasteiger partial charge >= 0.3 is 0 Å². The van der Waals surface area contributed by atoms with Gasteiger partial charge < -0.3 is 15.8 Å². The molecule has 1 heterocycles. The minimum Gasteiger partial charge on any atom is -0.411 e. The summed E-state index contributed by atoms with van der Waals surface area (Å²) in [6.45, 7) is 1.50. The number of nitrogens with zero attached hydrogens (tertiary/aromatic N) is 2. The van der Waals surface area contributed by atoms with Crippen LogP contribution in [0.25, 0.3) is 10.9 Å². The molecule has 1 aliphatic carbocycles. The Balaban J connectivity index is 0.00000261. The van der Waals surface area contributed by atoms with E-state index in [1.54, 1.807) is 0 Å². The molecule has 0 saturated heterocycles. The Morgan fingerprint density at radius 3 is 2.78 bits per heavy atom. The molecule has 7 heteroatoms. The number of unbranched alkanes of at least 4 members (excludes halogenated alkanes) is 2. The Hall–Kier alpha value is -2.34. The van der Waals surface area contributed by atoms with Gasteiger partial charge in [-0.3, -0.25) is 9.78 Å². The summed E-state index contributed by atoms with van der Waals surface area (Å²) < 4.78 is 0. The summed E-state index contributed by atoms with van der Waals surface area (Å²) in [4.78, 5) is 16.0. The quantitative estimate of drug-likeness (QED) is 0.277. The van der Waals surface area contributed by atoms with Gasteiger partial charge in [0.15, 0.2) is 0 Å². The van der Waals surface area contributed by atoms with Gasteiger partial charge in [-0.15, -0.1) is 12.4 Å². The first kappa shape index (κ1) is 21.0. The van der Waals surface area contributed by atoms with Gasteiger partial charge in [-0.25, -0.2) is 0 Å². The number of carbonyl (C=O) groups excluding carboxylic acids is 1. The molecule has 2 aromatic rings. The second-order valence-corrected chi connectivity index (χ2v) is 6.66. The van der Waals surface area contributed by atoms with Crippen molar-refractivity contribution in [2.45, 2.75) is 44.9 Å². The molecule has 0 atom stereocenters. The van der Waals surface area contributed by atoms with E-state index in [0.29, 0.717) is 6.54 Å². The number of aromatic nitrogens is 1. The molecule has 3 rings (SSSR count). The van der Waals surface area contributed by atoms with Crippen LogP contribution in [0.1, 0.15) is 43.4 Å². The third kappa shape index (κ3) is 5.57. The summed E-state index contributed by atoms with van der Waals surface area (Å²) in [6.07, 6.45) is 8.48. The number of halogens is 1. The van der Waals surface area contributed by atoms with Crippen LogP contribution in [-0.4, -0.2) is 35.4 Å². The number of para-hydroxylation sites is 1. The summed E-state index contributed by atoms with van der Waals surface area (Å²) in [5, 5.41) is 18.5. The number of hydrogen-bond acceptors (Lipinski definition) is 5. The van der Waals surface area contributed by atoms with Gasteiger partial charge in [0.1, 0.15) is 6.21 Å². The van der Waals surface area contributed by atoms with Gasteiger partial charge in [0.2, 0.25) is 0 Å². The lowest BCUT2D eigenvalue weighted by atomic mass is 9.92. The Bertz CT molecular complexity index is 795. The summed E-state index contributed by atoms with van der Waals surface area (Å²) in [5.41, 5.74) is 4.98. The highest BCUT2D eigenvalue weighted by molar-refractivity contribution is 6.25. The molecule has 1 aliphatic rings. The Morgan fingerprint density at radius 2 is 1.93 bits per heavy atom. The van der Waals surface area contributed by atoms with Crippen LogP contribution in [0.4, 0.5) is 5.69 Å². The third-order valence-corrected chi connectivity index (χ3v) is 4.80. The zero-order chi connectivity index (χ0) is 18.2. The van der Waals surface area contributed by atoms with E-state index in [-0.39, 0.29) is 18.3 Å². The molecule has 0 radical (unpaired) electrons. The van der Waals surface area contributed by atoms with Crippen molar-refractivity contribution < 1.29 is 10.0 Å². The lowest BCUT2D eigenvalue weighted by molar-refractivity contribution is -0.114. The molecule has 0 bridgehead atoms. The predicted molar refractivity (Wildman–Crippen MR) is 111 cm³/mol. The maximum absolute atomic E-state index is 11.1. The second kappa shape index (κ2) is 10.7. The first-order chi connectivity index (χ1) is 12.8. The predicted octanol–water partition coefficient (Wildman–Crippen LogP) is 3.69. The molecule has 1 aromatic carbocycles. The summed E-state index contributed by atoms with van der Waals surface area (Å²) in [5.74, 6) is -0.361. The number of fused-ring (bicyclic) bond motifs is 2. The van der Waals surface area contributed by atoms with E-state index in [9.17, 15) is 4.79 Å². The largest absolute Gasteiger partial charge is 0.411 e. The highest BCUT2D eigenvalue weighted by atomic mass is 35.5. The molecule has 1 aromatic heterocycles. The van der Waals surface area contributed by atoms with Crippen LogP contribution < -0.4 is 10.6 Å². The minimum atomic E-state index is -0.361. The third-order valence-electron chi connectivity index (χ3n) is 4.80. The number of aryl methyl sites for hydroxylation is 1. The molecule has 3 N–H and O–H groups in total. The maximum atomic E-state index is 11.1. The monoisotopic (exact) mass is 390 g/mol. The van der Waals surface area contributed by atoms with Crippen LogP contribution in [0.5, 0.6) is 0 Å². The first-order valence-electron chi connectivity index (χ1n) is 9.39. The Kier molecular flexibility index (Phi) is 8.33. The Labute approximate surface area is 165 Å². The molecule has 0 saturated carbocycles. The fraction of sp³-hybridized carbons (Fsp3) is 0.450. The molecular formula is C20H27ClN4O2. The molecular weight excluding hydrogens is 364 g/mol. The molecule has 0 unspecified atom stereocenters. The highest BCUT2D eigenvalue weighted by Crippen LogP contribution is 2.33. The molecule has 1 amide bonds. The van der Waals surface area contributed by atoms with E-state index in [4.69, 9.17) is 10.2 Å². The van der Waals surface area contributed by atoms with E-state index in [0.717, 1.165) is 50.4 Å². The van der Waals surface area contributed by atoms with Crippen molar-refractivity contribution in [3.63, 3.8) is 0 Å². The highest BCUT2D eigenvalue weighted by Gasteiger charge is 2.17. The van der Waals surface area contributed by atoms with Crippen LogP contribution in [0.15, 0.2) is 29.4 Å². The van der Waals surface area contributed by atoms with Gasteiger partial charge in [0, 0.05) is 29.9 Å². The van der Waals surface area contributed by atoms with Gasteiger partial charge in [-0.05, 0) is 56.6 Å². The zero-order valence-corrected chi connectivity index (χ0v) is 16.2. The lowest BCUT2D eigenvalue weighted by Gasteiger charge is -2.21. The molecule has 27 heavy (non-hydrogen) atoms. The van der Waals surface area contributed by atoms with Gasteiger partial charge in [0.05, 0.1) is 5.52 Å². The number of hydrogen-bond donors (Lipinski definition) is 3. The van der Waals surface area contributed by atoms with Crippen LogP contribution in [0.2, 0.25) is 0 Å². The number of benzene rings is 1. The van der Waals surface area contributed by atoms with Crippen molar-refractivity contribution in [3.05, 3.63) is 35.5 Å². The average molecular weight is 391 g/mol. The van der Waals surface area contributed by atoms with Crippen molar-refractivity contribution in [1.82, 2.24) is 10.3 Å². The van der Waals surface area contributed by atoms with Crippen LogP contribution >= 0.6 is 12.4 Å². The zero-order valence-electron chi connectivity index (χ0n) is 15.4. The molecule has 0 spiro atoms. The first-order valence-corrected chi connectivity index (χ1v) is 9.39. The van der Waals surface area contributed by atoms with E-state index < -0.39 is 0 Å². The average Bonchev–Trinajstić information content (AvgIpc) is 2.66. The number of amides is 1. The van der Waals surface area contributed by atoms with Crippen molar-refractivity contribution in [3.8, 4) is 0 Å². The number of nitrogens with one attached hydrogen (secondary N) is 2. The number of oxime groups is 1. The normalized spacial score (nSPS) is 13.2. The van der Waals surface area contributed by atoms with Crippen LogP contribution in [0, 0.1) is 0 Å². The Morgan fingerprint density at radius 1 is 1.15 bits per heavy atom. The molecule has 0 aliphatic heterocycles. The van der Waals surface area contributed by atoms with Gasteiger partial charge in [-0.1, -0.05) is 23.4 Å². The van der Waals surface area contributed by atoms with Crippen molar-refractivity contribution >= 4 is 41.1 Å². The SMILES string of the molecule is Cl.O=C(/C=N/O)NCCCCCNc1c2c(nc3ccccc13)CCCC2. The summed E-state index contributed by atoms with van der Waals surface area (Å²) in [7, 11) is 0. The second-order valence-electron chi connectivity index (χ2n) is 6.66. The topological polar surface area (TPSA) is 86.6 Å². The maximum Gasteiger partial charge on any atom is 0.265 e. The number of carbonyl (C=O) groups is 1. The van der Waals surface area contributed by atoms with Gasteiger partial charge in [-0.2, -0.15) is 0 Å². The molecule has 6 nitrogen and oxygen atoms in total. The molecule has 0 fully saturated rings. The minimum absolute atomic E-state index is 0. The van der Waals surface area contributed by atoms with Crippen molar-refractivity contribution in [2.24, 2.45) is 5.16 Å². The summed E-state index contributed by atoms with van der Waals surface area (Å²) >= 11 is 0. The van der Waals surface area contributed by atoms with Crippen molar-refractivity contribution in [2.75, 3.05) is 18.4 Å². The van der Waals surface area contributed by atoms with E-state index in [1.807, 2.05) is 6.07 Å². The van der Waals surface area contributed by atoms with E-state index >= 15 is 0 Å². The summed E-state index contributed by atoms with van der Waals surface area (Å²) in [6, 6.07) is 8.36. The number of rotatable bonds is 8. The van der Waals surface area contributed by atoms with Crippen LogP contribution in [0.3, 0.4) is 0 Å². The van der Waals surface area contributed by atoms with Crippen molar-refractivity contribution in [1.29, 1.82) is 0 Å². The standard InChI is InChI=1S/C20H26N4O2.ClH/c25-19(14-23-26)21-12-6-1-7-13-22-20-15-8-2-4-10-17(15)24-18-11-5-3-9-16(18)20;/h2,4,8,10,14,26H,1,3,5-7,9,11-13H2,(H,21,25)(H,22,24);1H/b23-14+;.